The molecule has 14 nitrogen and oxygen atoms in total. The quantitative estimate of drug-likeness (QED) is 0.0935. The molecule has 1 aliphatic heterocycles. The molecule has 10 aromatic rings. The topological polar surface area (TPSA) is 129 Å². The van der Waals surface area contributed by atoms with Crippen molar-refractivity contribution in [1.82, 2.24) is 0 Å². The van der Waals surface area contributed by atoms with E-state index < -0.39 is 105 Å². The summed E-state index contributed by atoms with van der Waals surface area (Å²) in [5.41, 5.74) is 0. The summed E-state index contributed by atoms with van der Waals surface area (Å²) in [6, 6.07) is 84.7. The number of methoxy groups -OCH3 is 8. The summed E-state index contributed by atoms with van der Waals surface area (Å²) in [5.74, 6) is 5.20. The van der Waals surface area contributed by atoms with Gasteiger partial charge in [0.2, 0.25) is 0 Å². The zero-order chi connectivity index (χ0) is 61.1. The van der Waals surface area contributed by atoms with Crippen LogP contribution in [-0.2, 0) is 11.7 Å². The number of benzene rings is 10. The Kier molecular flexibility index (Phi) is 21.3. The fourth-order valence-electron chi connectivity index (χ4n) is 9.12. The molecule has 11 rings (SSSR count). The number of ether oxygens (including phenoxy) is 8. The van der Waals surface area contributed by atoms with Crippen LogP contribution in [0.1, 0.15) is 0 Å². The van der Waals surface area contributed by atoms with Gasteiger partial charge in [-0.1, -0.05) is 0 Å². The molecule has 1 aliphatic rings. The molecule has 1 saturated heterocycles. The van der Waals surface area contributed by atoms with Crippen molar-refractivity contribution in [2.75, 3.05) is 56.9 Å². The summed E-state index contributed by atoms with van der Waals surface area (Å²) in [4.78, 5) is 0. The second kappa shape index (κ2) is 29.2. The van der Waals surface area contributed by atoms with Crippen molar-refractivity contribution in [2.45, 2.75) is 0 Å². The molecule has 0 unspecified atom stereocenters. The Labute approximate surface area is 544 Å². The number of hydrogen-bond acceptors (Lipinski definition) is 14. The van der Waals surface area contributed by atoms with Crippen molar-refractivity contribution in [3.05, 3.63) is 255 Å². The molecule has 1 fully saturated rings. The van der Waals surface area contributed by atoms with E-state index in [0.29, 0.717) is 46.0 Å². The summed E-state index contributed by atoms with van der Waals surface area (Å²) in [5, 5.41) is 0. The SMILES string of the molecule is COc1ccc([Te]2(c3ccc(OC)cc3)O[Se+](c3ccccc3)O[Te](c3ccc(OC)cc3)(c3ccc(OC)cc3)O[Te](c3ccc(OC)cc3)(c3ccc(OC)cc3)O[Se+](c3ccccc3)O[Te](c3ccc(OC)cc3)(c3ccc(OC)cc3)O2)cc1. The normalized spacial score (nSPS) is 18.4. The predicted molar refractivity (Wildman–Crippen MR) is 354 cm³/mol. The van der Waals surface area contributed by atoms with Gasteiger partial charge >= 0.3 is 550 Å². The fraction of sp³-hybridized carbons (Fsp3) is 0.118. The molecule has 0 N–H and O–H groups in total. The molecule has 1 heterocycles. The van der Waals surface area contributed by atoms with Crippen LogP contribution in [0, 0.1) is 0 Å². The second-order valence-electron chi connectivity index (χ2n) is 18.9. The monoisotopic (exact) mass is 1790 g/mol. The van der Waals surface area contributed by atoms with Gasteiger partial charge < -0.3 is 0 Å². The van der Waals surface area contributed by atoms with E-state index in [-0.39, 0.29) is 0 Å². The summed E-state index contributed by atoms with van der Waals surface area (Å²) >= 11 is -28.4. The zero-order valence-corrected chi connectivity index (χ0v) is 62.2. The maximum absolute atomic E-state index is 8.93. The van der Waals surface area contributed by atoms with Crippen LogP contribution in [0.2, 0.25) is 0 Å². The molecule has 0 spiro atoms. The van der Waals surface area contributed by atoms with Crippen LogP contribution in [0.15, 0.2) is 255 Å². The van der Waals surface area contributed by atoms with E-state index in [1.165, 1.54) is 0 Å². The molecule has 10 aromatic carbocycles. The second-order valence-corrected chi connectivity index (χ2v) is 60.3. The van der Waals surface area contributed by atoms with Gasteiger partial charge in [0.1, 0.15) is 0 Å². The molecule has 0 bridgehead atoms. The van der Waals surface area contributed by atoms with Gasteiger partial charge in [-0.3, -0.25) is 0 Å². The van der Waals surface area contributed by atoms with Crippen LogP contribution >= 0.6 is 0 Å². The minimum atomic E-state index is -5.42. The van der Waals surface area contributed by atoms with Crippen LogP contribution in [0.3, 0.4) is 0 Å². The predicted octanol–water partition coefficient (Wildman–Crippen LogP) is 5.99. The van der Waals surface area contributed by atoms with E-state index in [2.05, 4.69) is 121 Å². The Balaban J connectivity index is 1.36. The Morgan fingerprint density at radius 3 is 0.489 bits per heavy atom. The van der Waals surface area contributed by atoms with Crippen LogP contribution < -0.4 is 75.7 Å². The zero-order valence-electron chi connectivity index (χ0n) is 49.4. The standard InChI is InChI=1S/C68H66O14Se2Te4/c1-69-51-19-35-61(36-20-51)85(62-37-21-52(70-2)22-38-62)77-83(59-15-11-9-12-16-59)78-87(65-43-27-55(73-5)28-44-65,66-45-29-56(74-6)30-46-66)82-88(67-47-31-57(75-7)32-48-67,68-49-33-58(76-8)34-50-68)80-84(60-17-13-10-14-18-60)79-86(81-85,63-39-23-53(71-3)24-40-63)64-41-25-54(72-4)26-42-64/h9-50H,1-8H3/q+2. The van der Waals surface area contributed by atoms with Crippen molar-refractivity contribution < 1.29 is 49.6 Å². The Morgan fingerprint density at radius 2 is 0.352 bits per heavy atom. The maximum atomic E-state index is 8.93. The van der Waals surface area contributed by atoms with Crippen molar-refractivity contribution in [3.8, 4) is 46.0 Å². The first-order valence-electron chi connectivity index (χ1n) is 27.3. The van der Waals surface area contributed by atoms with Crippen LogP contribution in [-0.4, -0.2) is 162 Å². The molecule has 0 aliphatic carbocycles. The van der Waals surface area contributed by atoms with Crippen molar-refractivity contribution in [2.24, 2.45) is 0 Å². The van der Waals surface area contributed by atoms with Crippen LogP contribution in [0.25, 0.3) is 0 Å². The Morgan fingerprint density at radius 1 is 0.205 bits per heavy atom. The van der Waals surface area contributed by atoms with Gasteiger partial charge in [0.25, 0.3) is 0 Å². The molecule has 0 saturated carbocycles. The molecule has 88 heavy (non-hydrogen) atoms. The number of rotatable bonds is 18. The first kappa shape index (κ1) is 64.1. The van der Waals surface area contributed by atoms with Crippen molar-refractivity contribution in [3.63, 3.8) is 0 Å². The third-order valence-electron chi connectivity index (χ3n) is 13.8. The van der Waals surface area contributed by atoms with Crippen molar-refractivity contribution in [1.29, 1.82) is 0 Å². The summed E-state index contributed by atoms with van der Waals surface area (Å²) in [6.45, 7) is 0. The third-order valence-corrected chi connectivity index (χ3v) is 75.2. The van der Waals surface area contributed by atoms with Gasteiger partial charge in [-0.25, -0.2) is 0 Å². The molecule has 456 valence electrons. The molecule has 0 aromatic heterocycles. The fourth-order valence-corrected chi connectivity index (χ4v) is 94.4. The van der Waals surface area contributed by atoms with E-state index in [0.717, 1.165) is 37.8 Å². The molecule has 0 atom stereocenters. The van der Waals surface area contributed by atoms with Gasteiger partial charge in [-0.05, 0) is 0 Å². The first-order chi connectivity index (χ1) is 43.1. The van der Waals surface area contributed by atoms with E-state index >= 15 is 0 Å². The van der Waals surface area contributed by atoms with Gasteiger partial charge in [0.15, 0.2) is 0 Å². The molecule has 0 amide bonds. The first-order valence-corrected chi connectivity index (χ1v) is 48.8. The van der Waals surface area contributed by atoms with E-state index in [9.17, 15) is 0 Å². The van der Waals surface area contributed by atoms with Crippen LogP contribution in [0.5, 0.6) is 46.0 Å². The average Bonchev–Trinajstić information content (AvgIpc) is 0.770. The summed E-state index contributed by atoms with van der Waals surface area (Å²) < 4.78 is 108. The molecule has 20 heteroatoms. The van der Waals surface area contributed by atoms with E-state index in [1.807, 2.05) is 133 Å². The third kappa shape index (κ3) is 13.5. The summed E-state index contributed by atoms with van der Waals surface area (Å²) in [7, 11) is 13.3. The van der Waals surface area contributed by atoms with Gasteiger partial charge in [-0.15, -0.1) is 0 Å². The molecular weight excluding hydrogens is 1710 g/mol. The molecule has 0 radical (unpaired) electrons. The Bertz CT molecular complexity index is 3190. The summed E-state index contributed by atoms with van der Waals surface area (Å²) in [6.07, 6.45) is 0. The van der Waals surface area contributed by atoms with Gasteiger partial charge in [0.05, 0.1) is 0 Å². The van der Waals surface area contributed by atoms with Crippen LogP contribution in [0.4, 0.5) is 0 Å². The van der Waals surface area contributed by atoms with Gasteiger partial charge in [-0.2, -0.15) is 0 Å². The Hall–Kier alpha value is -5.44. The van der Waals surface area contributed by atoms with E-state index in [1.54, 1.807) is 56.9 Å². The molecular formula is C68H66O14Se2Te4+2. The van der Waals surface area contributed by atoms with Gasteiger partial charge in [0, 0.05) is 0 Å². The van der Waals surface area contributed by atoms with E-state index in [4.69, 9.17) is 49.6 Å². The van der Waals surface area contributed by atoms with Crippen molar-refractivity contribution >= 4 is 143 Å². The minimum absolute atomic E-state index is 0.650. The number of hydrogen-bond donors (Lipinski definition) is 0. The average molecular weight is 1780 g/mol.